The van der Waals surface area contributed by atoms with Crippen molar-refractivity contribution in [2.24, 2.45) is 0 Å². The second-order valence-corrected chi connectivity index (χ2v) is 13.6. The van der Waals surface area contributed by atoms with Gasteiger partial charge in [-0.15, -0.1) is 0 Å². The molecule has 210 valence electrons. The molecule has 4 rings (SSSR count). The molecule has 3 aromatic carbocycles. The van der Waals surface area contributed by atoms with E-state index < -0.39 is 11.3 Å². The first-order valence-corrected chi connectivity index (χ1v) is 14.8. The van der Waals surface area contributed by atoms with Crippen LogP contribution in [0.1, 0.15) is 108 Å². The lowest BCUT2D eigenvalue weighted by Gasteiger charge is -2.43. The fourth-order valence-corrected chi connectivity index (χ4v) is 5.99. The molecular weight excluding hydrogens is 478 g/mol. The van der Waals surface area contributed by atoms with E-state index in [1.165, 1.54) is 17.5 Å². The molecule has 3 nitrogen and oxygen atoms in total. The quantitative estimate of drug-likeness (QED) is 0.312. The van der Waals surface area contributed by atoms with Crippen molar-refractivity contribution in [1.82, 2.24) is 4.90 Å². The lowest BCUT2D eigenvalue weighted by Crippen LogP contribution is -2.49. The summed E-state index contributed by atoms with van der Waals surface area (Å²) in [6.07, 6.45) is 5.21. The maximum absolute atomic E-state index is 12.3. The minimum absolute atomic E-state index is 0.0524. The molecule has 0 spiro atoms. The van der Waals surface area contributed by atoms with Crippen molar-refractivity contribution in [2.75, 3.05) is 13.1 Å². The van der Waals surface area contributed by atoms with Crippen LogP contribution in [0.2, 0.25) is 0 Å². The number of likely N-dealkylation sites (tertiary alicyclic amines) is 1. The molecule has 2 N–H and O–H groups in total. The average molecular weight is 528 g/mol. The molecule has 39 heavy (non-hydrogen) atoms. The molecule has 3 aromatic rings. The maximum atomic E-state index is 12.3. The van der Waals surface area contributed by atoms with E-state index in [1.54, 1.807) is 0 Å². The van der Waals surface area contributed by atoms with Gasteiger partial charge < -0.3 is 10.2 Å². The first-order chi connectivity index (χ1) is 18.3. The Morgan fingerprint density at radius 1 is 0.538 bits per heavy atom. The van der Waals surface area contributed by atoms with Gasteiger partial charge in [-0.1, -0.05) is 127 Å². The van der Waals surface area contributed by atoms with Crippen LogP contribution in [0, 0.1) is 0 Å². The summed E-state index contributed by atoms with van der Waals surface area (Å²) in [6, 6.07) is 27.0. The van der Waals surface area contributed by atoms with Crippen LogP contribution in [0.4, 0.5) is 0 Å². The first-order valence-electron chi connectivity index (χ1n) is 14.8. The van der Waals surface area contributed by atoms with Crippen LogP contribution in [-0.2, 0) is 22.2 Å². The molecule has 1 heterocycles. The molecular formula is C36H49NO2. The fourth-order valence-electron chi connectivity index (χ4n) is 5.99. The van der Waals surface area contributed by atoms with Crippen molar-refractivity contribution in [3.8, 4) is 0 Å². The van der Waals surface area contributed by atoms with Crippen molar-refractivity contribution in [1.29, 1.82) is 0 Å². The summed E-state index contributed by atoms with van der Waals surface area (Å²) in [5.41, 5.74) is 3.20. The van der Waals surface area contributed by atoms with E-state index in [-0.39, 0.29) is 10.8 Å². The normalized spacial score (nSPS) is 18.4. The monoisotopic (exact) mass is 527 g/mol. The zero-order chi connectivity index (χ0) is 28.3. The topological polar surface area (TPSA) is 43.7 Å². The van der Waals surface area contributed by atoms with Gasteiger partial charge in [-0.2, -0.15) is 0 Å². The zero-order valence-corrected chi connectivity index (χ0v) is 25.0. The highest BCUT2D eigenvalue weighted by molar-refractivity contribution is 5.39. The van der Waals surface area contributed by atoms with Crippen LogP contribution in [-0.4, -0.2) is 28.2 Å². The highest BCUT2D eigenvalue weighted by atomic mass is 16.3. The van der Waals surface area contributed by atoms with Crippen molar-refractivity contribution in [2.45, 2.75) is 102 Å². The summed E-state index contributed by atoms with van der Waals surface area (Å²) >= 11 is 0. The minimum Gasteiger partial charge on any atom is -0.380 e. The largest absolute Gasteiger partial charge is 0.380 e. The van der Waals surface area contributed by atoms with E-state index in [9.17, 15) is 10.2 Å². The molecule has 1 aliphatic heterocycles. The lowest BCUT2D eigenvalue weighted by molar-refractivity contribution is -0.132. The smallest absolute Gasteiger partial charge is 0.144 e. The summed E-state index contributed by atoms with van der Waals surface area (Å²) in [5.74, 6) is 0. The van der Waals surface area contributed by atoms with E-state index in [1.807, 2.05) is 30.3 Å². The second-order valence-electron chi connectivity index (χ2n) is 13.6. The van der Waals surface area contributed by atoms with Gasteiger partial charge in [0, 0.05) is 13.1 Å². The summed E-state index contributed by atoms with van der Waals surface area (Å²) < 4.78 is 0. The molecule has 1 fully saturated rings. The molecule has 2 unspecified atom stereocenters. The second kappa shape index (κ2) is 11.6. The predicted octanol–water partition coefficient (Wildman–Crippen LogP) is 8.02. The molecule has 0 radical (unpaired) electrons. The summed E-state index contributed by atoms with van der Waals surface area (Å²) in [6.45, 7) is 15.1. The SMILES string of the molecule is CC(C)(C)c1ccc(C(O)(CCCC(O)(c2ccc(C(C)(C)C)cc2)N2CCCCC2)c2ccccc2)cc1. The summed E-state index contributed by atoms with van der Waals surface area (Å²) in [4.78, 5) is 2.27. The Hall–Kier alpha value is -2.46. The van der Waals surface area contributed by atoms with Gasteiger partial charge in [0.1, 0.15) is 11.3 Å². The van der Waals surface area contributed by atoms with Crippen LogP contribution >= 0.6 is 0 Å². The van der Waals surface area contributed by atoms with E-state index in [4.69, 9.17) is 0 Å². The highest BCUT2D eigenvalue weighted by Gasteiger charge is 2.39. The minimum atomic E-state index is -1.13. The first kappa shape index (κ1) is 29.5. The number of rotatable bonds is 8. The Kier molecular flexibility index (Phi) is 8.76. The van der Waals surface area contributed by atoms with E-state index in [0.29, 0.717) is 19.3 Å². The van der Waals surface area contributed by atoms with Gasteiger partial charge in [-0.05, 0) is 70.8 Å². The van der Waals surface area contributed by atoms with Gasteiger partial charge in [0.25, 0.3) is 0 Å². The molecule has 3 heteroatoms. The predicted molar refractivity (Wildman–Crippen MR) is 163 cm³/mol. The Balaban J connectivity index is 1.63. The molecule has 1 aliphatic rings. The van der Waals surface area contributed by atoms with Crippen LogP contribution in [0.5, 0.6) is 0 Å². The van der Waals surface area contributed by atoms with E-state index in [0.717, 1.165) is 42.6 Å². The molecule has 0 bridgehead atoms. The number of aliphatic hydroxyl groups is 2. The average Bonchev–Trinajstić information content (AvgIpc) is 2.93. The standard InChI is InChI=1S/C36H49NO2/c1-33(2,3)28-16-20-31(21-17-28)35(38,30-14-9-7-10-15-30)24-13-25-36(39,37-26-11-8-12-27-37)32-22-18-29(19-23-32)34(4,5)6/h7,9-10,14-23,38-39H,8,11-13,24-27H2,1-6H3. The number of benzene rings is 3. The maximum Gasteiger partial charge on any atom is 0.144 e. The van der Waals surface area contributed by atoms with Crippen molar-refractivity contribution >= 4 is 0 Å². The van der Waals surface area contributed by atoms with E-state index in [2.05, 4.69) is 95.0 Å². The fraction of sp³-hybridized carbons (Fsp3) is 0.500. The number of nitrogens with zero attached hydrogens (tertiary/aromatic N) is 1. The Morgan fingerprint density at radius 3 is 1.46 bits per heavy atom. The van der Waals surface area contributed by atoms with Crippen molar-refractivity contribution in [3.05, 3.63) is 107 Å². The van der Waals surface area contributed by atoms with Gasteiger partial charge >= 0.3 is 0 Å². The Labute approximate surface area is 236 Å². The third kappa shape index (κ3) is 6.65. The van der Waals surface area contributed by atoms with Gasteiger partial charge in [0.2, 0.25) is 0 Å². The molecule has 0 amide bonds. The summed E-state index contributed by atoms with van der Waals surface area (Å²) in [7, 11) is 0. The number of piperidine rings is 1. The number of hydrogen-bond acceptors (Lipinski definition) is 3. The van der Waals surface area contributed by atoms with Gasteiger partial charge in [0.05, 0.1) is 0 Å². The number of hydrogen-bond donors (Lipinski definition) is 2. The Bertz CT molecular complexity index is 1180. The Morgan fingerprint density at radius 2 is 0.974 bits per heavy atom. The van der Waals surface area contributed by atoms with Gasteiger partial charge in [-0.3, -0.25) is 4.90 Å². The van der Waals surface area contributed by atoms with Crippen LogP contribution in [0.3, 0.4) is 0 Å². The van der Waals surface area contributed by atoms with E-state index >= 15 is 0 Å². The van der Waals surface area contributed by atoms with Crippen molar-refractivity contribution in [3.63, 3.8) is 0 Å². The van der Waals surface area contributed by atoms with Crippen LogP contribution in [0.25, 0.3) is 0 Å². The lowest BCUT2D eigenvalue weighted by atomic mass is 9.79. The molecule has 0 aliphatic carbocycles. The van der Waals surface area contributed by atoms with Crippen LogP contribution in [0.15, 0.2) is 78.9 Å². The van der Waals surface area contributed by atoms with Crippen LogP contribution < -0.4 is 0 Å². The van der Waals surface area contributed by atoms with Gasteiger partial charge in [0.15, 0.2) is 0 Å². The third-order valence-electron chi connectivity index (χ3n) is 8.64. The zero-order valence-electron chi connectivity index (χ0n) is 25.0. The highest BCUT2D eigenvalue weighted by Crippen LogP contribution is 2.40. The molecule has 1 saturated heterocycles. The molecule has 0 aromatic heterocycles. The molecule has 2 atom stereocenters. The third-order valence-corrected chi connectivity index (χ3v) is 8.64. The van der Waals surface area contributed by atoms with Gasteiger partial charge in [-0.25, -0.2) is 0 Å². The van der Waals surface area contributed by atoms with Crippen molar-refractivity contribution < 1.29 is 10.2 Å². The molecule has 0 saturated carbocycles. The summed E-state index contributed by atoms with van der Waals surface area (Å²) in [5, 5.41) is 24.6.